The molecule has 3 rings (SSSR count). The van der Waals surface area contributed by atoms with Crippen molar-refractivity contribution in [2.24, 2.45) is 0 Å². The predicted octanol–water partition coefficient (Wildman–Crippen LogP) is 10.6. The Morgan fingerprint density at radius 1 is 0.625 bits per heavy atom. The van der Waals surface area contributed by atoms with E-state index in [0.29, 0.717) is 5.92 Å². The number of aromatic nitrogens is 2. The lowest BCUT2D eigenvalue weighted by Gasteiger charge is -2.11. The zero-order valence-corrected chi connectivity index (χ0v) is 26.3. The largest absolute Gasteiger partial charge is 0.261 e. The van der Waals surface area contributed by atoms with Crippen LogP contribution in [-0.2, 0) is 25.9 Å². The zero-order chi connectivity index (χ0) is 28.3. The van der Waals surface area contributed by atoms with Gasteiger partial charge in [-0.05, 0) is 36.3 Å². The number of hydrogen-bond acceptors (Lipinski definition) is 0. The SMILES string of the molecule is CCCCCCCCCCCCCCC[n+]1cc(CC(C)c2ccccc2)n(CCCC)c1Cc1ccccc1. The third-order valence-corrected chi connectivity index (χ3v) is 8.62. The fourth-order valence-electron chi connectivity index (χ4n) is 6.08. The van der Waals surface area contributed by atoms with E-state index >= 15 is 0 Å². The number of hydrogen-bond donors (Lipinski definition) is 0. The van der Waals surface area contributed by atoms with Crippen LogP contribution in [0.2, 0.25) is 0 Å². The van der Waals surface area contributed by atoms with Gasteiger partial charge < -0.3 is 0 Å². The first-order valence-corrected chi connectivity index (χ1v) is 16.9. The van der Waals surface area contributed by atoms with E-state index < -0.39 is 0 Å². The van der Waals surface area contributed by atoms with Gasteiger partial charge in [-0.25, -0.2) is 9.13 Å². The Labute approximate surface area is 247 Å². The van der Waals surface area contributed by atoms with Gasteiger partial charge in [-0.3, -0.25) is 0 Å². The highest BCUT2D eigenvalue weighted by atomic mass is 15.2. The third kappa shape index (κ3) is 11.6. The van der Waals surface area contributed by atoms with Crippen LogP contribution in [0.5, 0.6) is 0 Å². The Hall–Kier alpha value is -2.35. The molecule has 1 aromatic heterocycles. The molecule has 0 saturated carbocycles. The second-order valence-corrected chi connectivity index (χ2v) is 12.2. The predicted molar refractivity (Wildman–Crippen MR) is 173 cm³/mol. The molecular formula is C38H59N2+. The summed E-state index contributed by atoms with van der Waals surface area (Å²) in [4.78, 5) is 0. The smallest absolute Gasteiger partial charge is 0.234 e. The van der Waals surface area contributed by atoms with Crippen molar-refractivity contribution in [2.75, 3.05) is 0 Å². The van der Waals surface area contributed by atoms with Crippen molar-refractivity contribution in [3.8, 4) is 0 Å². The molecule has 1 heterocycles. The fraction of sp³-hybridized carbons (Fsp3) is 0.605. The molecule has 40 heavy (non-hydrogen) atoms. The summed E-state index contributed by atoms with van der Waals surface area (Å²) in [7, 11) is 0. The van der Waals surface area contributed by atoms with E-state index in [1.165, 1.54) is 119 Å². The fourth-order valence-corrected chi connectivity index (χ4v) is 6.08. The highest BCUT2D eigenvalue weighted by Gasteiger charge is 2.24. The molecule has 220 valence electrons. The summed E-state index contributed by atoms with van der Waals surface area (Å²) in [5.41, 5.74) is 4.36. The quantitative estimate of drug-likeness (QED) is 0.0880. The van der Waals surface area contributed by atoms with Crippen molar-refractivity contribution >= 4 is 0 Å². The highest BCUT2D eigenvalue weighted by molar-refractivity contribution is 5.22. The van der Waals surface area contributed by atoms with E-state index in [1.807, 2.05) is 0 Å². The standard InChI is InChI=1S/C38H59N2/c1-4-6-8-9-10-11-12-13-14-15-16-17-24-29-39-33-37(31-34(3)36-27-22-19-23-28-36)40(30-7-5-2)38(39)32-35-25-20-18-21-26-35/h18-23,25-28,33-34H,4-17,24,29-32H2,1-3H3/q+1. The summed E-state index contributed by atoms with van der Waals surface area (Å²) >= 11 is 0. The molecule has 0 spiro atoms. The van der Waals surface area contributed by atoms with Gasteiger partial charge >= 0.3 is 0 Å². The van der Waals surface area contributed by atoms with E-state index in [2.05, 4.69) is 96.8 Å². The number of nitrogens with zero attached hydrogens (tertiary/aromatic N) is 2. The number of imidazole rings is 1. The number of aryl methyl sites for hydroxylation is 1. The first kappa shape index (κ1) is 32.2. The molecule has 1 unspecified atom stereocenters. The maximum absolute atomic E-state index is 2.68. The topological polar surface area (TPSA) is 8.81 Å². The summed E-state index contributed by atoms with van der Waals surface area (Å²) in [6.45, 7) is 9.28. The van der Waals surface area contributed by atoms with Crippen molar-refractivity contribution in [3.05, 3.63) is 89.5 Å². The van der Waals surface area contributed by atoms with Crippen LogP contribution >= 0.6 is 0 Å². The Balaban J connectivity index is 1.56. The van der Waals surface area contributed by atoms with Gasteiger partial charge in [0.2, 0.25) is 0 Å². The lowest BCUT2D eigenvalue weighted by Crippen LogP contribution is -2.37. The van der Waals surface area contributed by atoms with Crippen LogP contribution in [0.4, 0.5) is 0 Å². The third-order valence-electron chi connectivity index (χ3n) is 8.62. The number of benzene rings is 2. The molecule has 0 aliphatic rings. The molecule has 0 aliphatic heterocycles. The van der Waals surface area contributed by atoms with E-state index in [1.54, 1.807) is 0 Å². The maximum Gasteiger partial charge on any atom is 0.261 e. The van der Waals surface area contributed by atoms with Crippen molar-refractivity contribution < 1.29 is 4.57 Å². The normalized spacial score (nSPS) is 12.2. The Bertz CT molecular complexity index is 1020. The molecule has 3 aromatic rings. The van der Waals surface area contributed by atoms with Gasteiger partial charge in [-0.1, -0.05) is 158 Å². The van der Waals surface area contributed by atoms with E-state index in [0.717, 1.165) is 25.9 Å². The lowest BCUT2D eigenvalue weighted by atomic mass is 9.96. The average molecular weight is 544 g/mol. The summed E-state index contributed by atoms with van der Waals surface area (Å²) in [5, 5.41) is 0. The zero-order valence-electron chi connectivity index (χ0n) is 26.3. The van der Waals surface area contributed by atoms with Crippen LogP contribution in [0.1, 0.15) is 146 Å². The van der Waals surface area contributed by atoms with Crippen molar-refractivity contribution in [2.45, 2.75) is 149 Å². The highest BCUT2D eigenvalue weighted by Crippen LogP contribution is 2.22. The Morgan fingerprint density at radius 3 is 1.73 bits per heavy atom. The van der Waals surface area contributed by atoms with Crippen LogP contribution in [0.15, 0.2) is 66.9 Å². The molecule has 0 aliphatic carbocycles. The van der Waals surface area contributed by atoms with Gasteiger partial charge in [0, 0.05) is 6.42 Å². The summed E-state index contributed by atoms with van der Waals surface area (Å²) in [5.74, 6) is 2.01. The molecule has 2 aromatic carbocycles. The van der Waals surface area contributed by atoms with E-state index in [4.69, 9.17) is 0 Å². The molecule has 0 saturated heterocycles. The molecule has 0 fully saturated rings. The molecular weight excluding hydrogens is 484 g/mol. The molecule has 0 amide bonds. The molecule has 0 N–H and O–H groups in total. The number of unbranched alkanes of at least 4 members (excludes halogenated alkanes) is 13. The lowest BCUT2D eigenvalue weighted by molar-refractivity contribution is -0.704. The molecule has 1 atom stereocenters. The van der Waals surface area contributed by atoms with Gasteiger partial charge in [0.25, 0.3) is 5.82 Å². The summed E-state index contributed by atoms with van der Waals surface area (Å²) in [6.07, 6.45) is 25.4. The van der Waals surface area contributed by atoms with Crippen LogP contribution in [0.25, 0.3) is 0 Å². The molecule has 0 radical (unpaired) electrons. The molecule has 2 heteroatoms. The molecule has 2 nitrogen and oxygen atoms in total. The van der Waals surface area contributed by atoms with Crippen molar-refractivity contribution in [1.29, 1.82) is 0 Å². The Kier molecular flexibility index (Phi) is 15.8. The maximum atomic E-state index is 2.68. The van der Waals surface area contributed by atoms with Gasteiger partial charge in [0.15, 0.2) is 0 Å². The first-order chi connectivity index (χ1) is 19.7. The van der Waals surface area contributed by atoms with Crippen LogP contribution in [0.3, 0.4) is 0 Å². The monoisotopic (exact) mass is 543 g/mol. The first-order valence-electron chi connectivity index (χ1n) is 16.9. The summed E-state index contributed by atoms with van der Waals surface area (Å²) < 4.78 is 5.30. The Morgan fingerprint density at radius 2 is 1.15 bits per heavy atom. The van der Waals surface area contributed by atoms with Gasteiger partial charge in [-0.2, -0.15) is 0 Å². The van der Waals surface area contributed by atoms with Crippen molar-refractivity contribution in [3.63, 3.8) is 0 Å². The second kappa shape index (κ2) is 19.7. The van der Waals surface area contributed by atoms with E-state index in [-0.39, 0.29) is 0 Å². The van der Waals surface area contributed by atoms with Gasteiger partial charge in [-0.15, -0.1) is 0 Å². The van der Waals surface area contributed by atoms with Crippen LogP contribution in [-0.4, -0.2) is 4.57 Å². The number of rotatable bonds is 22. The van der Waals surface area contributed by atoms with E-state index in [9.17, 15) is 0 Å². The average Bonchev–Trinajstić information content (AvgIpc) is 3.30. The van der Waals surface area contributed by atoms with Crippen LogP contribution < -0.4 is 4.57 Å². The van der Waals surface area contributed by atoms with Crippen LogP contribution in [0, 0.1) is 0 Å². The summed E-state index contributed by atoms with van der Waals surface area (Å²) in [6, 6.07) is 22.1. The molecule has 0 bridgehead atoms. The van der Waals surface area contributed by atoms with Crippen molar-refractivity contribution in [1.82, 2.24) is 4.57 Å². The van der Waals surface area contributed by atoms with Gasteiger partial charge in [0.05, 0.1) is 19.5 Å². The minimum atomic E-state index is 0.519. The second-order valence-electron chi connectivity index (χ2n) is 12.2. The minimum Gasteiger partial charge on any atom is -0.234 e. The van der Waals surface area contributed by atoms with Gasteiger partial charge in [0.1, 0.15) is 11.9 Å². The minimum absolute atomic E-state index is 0.519.